The molecule has 1 spiro atoms. The first kappa shape index (κ1) is 37.4. The Morgan fingerprint density at radius 1 is 1.02 bits per heavy atom. The summed E-state index contributed by atoms with van der Waals surface area (Å²) in [4.78, 5) is 11.8. The van der Waals surface area contributed by atoms with Gasteiger partial charge in [0.1, 0.15) is 0 Å². The summed E-state index contributed by atoms with van der Waals surface area (Å²) in [7, 11) is 1.52. The zero-order chi connectivity index (χ0) is 34.7. The second-order valence-electron chi connectivity index (χ2n) is 16.3. The van der Waals surface area contributed by atoms with Gasteiger partial charge in [-0.3, -0.25) is 4.79 Å². The third kappa shape index (κ3) is 6.67. The number of hydrogen-bond acceptors (Lipinski definition) is 10. The molecule has 5 saturated heterocycles. The maximum Gasteiger partial charge on any atom is 0.308 e. The van der Waals surface area contributed by atoms with Gasteiger partial charge < -0.3 is 48.8 Å². The predicted molar refractivity (Wildman–Crippen MR) is 172 cm³/mol. The molecule has 0 amide bonds. The van der Waals surface area contributed by atoms with E-state index in [0.717, 1.165) is 32.1 Å². The van der Waals surface area contributed by atoms with Crippen molar-refractivity contribution in [3.63, 3.8) is 0 Å². The summed E-state index contributed by atoms with van der Waals surface area (Å²) in [5, 5.41) is 41.8. The van der Waals surface area contributed by atoms with Gasteiger partial charge in [0, 0.05) is 37.7 Å². The molecule has 5 rings (SSSR count). The minimum absolute atomic E-state index is 0.153. The van der Waals surface area contributed by atoms with Gasteiger partial charge in [-0.15, -0.1) is 0 Å². The van der Waals surface area contributed by atoms with Gasteiger partial charge in [-0.05, 0) is 64.2 Å². The summed E-state index contributed by atoms with van der Waals surface area (Å²) in [5.74, 6) is -4.52. The monoisotopic (exact) mass is 670 g/mol. The average molecular weight is 671 g/mol. The number of methoxy groups -OCH3 is 1. The summed E-state index contributed by atoms with van der Waals surface area (Å²) in [6.45, 7) is 15.6. The number of carbonyl (C=O) groups is 1. The average Bonchev–Trinajstić information content (AvgIpc) is 3.73. The molecule has 0 saturated carbocycles. The van der Waals surface area contributed by atoms with Crippen molar-refractivity contribution in [2.75, 3.05) is 13.7 Å². The van der Waals surface area contributed by atoms with E-state index in [2.05, 4.69) is 27.7 Å². The van der Waals surface area contributed by atoms with Crippen molar-refractivity contribution >= 4 is 5.97 Å². The fourth-order valence-corrected chi connectivity index (χ4v) is 9.91. The van der Waals surface area contributed by atoms with Gasteiger partial charge in [0.2, 0.25) is 0 Å². The molecule has 0 aromatic heterocycles. The Kier molecular flexibility index (Phi) is 10.9. The Morgan fingerprint density at radius 3 is 2.34 bits per heavy atom. The fraction of sp³-hybridized carbons (Fsp3) is 0.972. The van der Waals surface area contributed by atoms with E-state index in [1.807, 2.05) is 20.8 Å². The molecule has 0 aromatic carbocycles. The molecule has 11 heteroatoms. The van der Waals surface area contributed by atoms with Crippen LogP contribution in [0.2, 0.25) is 0 Å². The third-order valence-corrected chi connectivity index (χ3v) is 13.0. The molecule has 5 aliphatic heterocycles. The fourth-order valence-electron chi connectivity index (χ4n) is 9.91. The smallest absolute Gasteiger partial charge is 0.308 e. The van der Waals surface area contributed by atoms with Crippen LogP contribution in [0.5, 0.6) is 0 Å². The molecular weight excluding hydrogens is 608 g/mol. The van der Waals surface area contributed by atoms with E-state index in [0.29, 0.717) is 19.3 Å². The molecular formula is C36H62O11. The standard InChI is InChI=1S/C36H62O11/c1-10-34(31-20(3)16-26(43-31)28-19(2)15-21(4)36(41,18-37)46-28)12-11-27(44-34)33(8)13-14-35(47-33)17-25(38)22(5)30(45-35)23(6)29(42-9)24(7)32(39)40/h19-31,37-38,41H,10-18H2,1-9H3,(H,39,40)/t19-,20-,21+,22+,23+,24-,25-,26+,27?,28-,29+,30-,31+,33-,34-,35?,36-/m0/s1. The van der Waals surface area contributed by atoms with Crippen LogP contribution < -0.4 is 0 Å². The van der Waals surface area contributed by atoms with Crippen molar-refractivity contribution in [1.29, 1.82) is 0 Å². The summed E-state index contributed by atoms with van der Waals surface area (Å²) in [5.41, 5.74) is -1.15. The van der Waals surface area contributed by atoms with Gasteiger partial charge in [-0.2, -0.15) is 0 Å². The maximum atomic E-state index is 11.8. The van der Waals surface area contributed by atoms with Crippen LogP contribution in [-0.2, 0) is 33.2 Å². The van der Waals surface area contributed by atoms with E-state index in [4.69, 9.17) is 28.4 Å². The molecule has 0 radical (unpaired) electrons. The molecule has 5 heterocycles. The Balaban J connectivity index is 1.29. The molecule has 5 aliphatic rings. The number of rotatable bonds is 10. The SMILES string of the molecule is CC[C@@]1([C@@H]2O[C@@H]([C@H]3O[C@@](O)(CO)[C@H](C)C[C@@H]3C)C[C@@H]2C)CCC([C@]2(C)CCC3(C[C@H](O)[C@@H](C)[C@@H]([C@H](C)[C@@H](OC)[C@H](C)C(=O)O)O3)O2)O1. The van der Waals surface area contributed by atoms with Gasteiger partial charge in [-0.1, -0.05) is 41.5 Å². The molecule has 17 atom stereocenters. The third-order valence-electron chi connectivity index (χ3n) is 13.0. The minimum atomic E-state index is -1.56. The number of ether oxygens (including phenoxy) is 6. The second kappa shape index (κ2) is 13.7. The zero-order valence-electron chi connectivity index (χ0n) is 30.0. The molecule has 0 aliphatic carbocycles. The van der Waals surface area contributed by atoms with Crippen molar-refractivity contribution < 1.29 is 53.6 Å². The largest absolute Gasteiger partial charge is 0.481 e. The molecule has 272 valence electrons. The number of aliphatic carboxylic acids is 1. The second-order valence-corrected chi connectivity index (χ2v) is 16.3. The Morgan fingerprint density at radius 2 is 1.72 bits per heavy atom. The van der Waals surface area contributed by atoms with Crippen LogP contribution in [0.3, 0.4) is 0 Å². The van der Waals surface area contributed by atoms with Crippen molar-refractivity contribution in [3.8, 4) is 0 Å². The molecule has 11 nitrogen and oxygen atoms in total. The Labute approximate surface area is 281 Å². The molecule has 2 unspecified atom stereocenters. The minimum Gasteiger partial charge on any atom is -0.481 e. The normalized spacial score (nSPS) is 50.9. The highest BCUT2D eigenvalue weighted by Gasteiger charge is 2.62. The van der Waals surface area contributed by atoms with Crippen LogP contribution in [0.1, 0.15) is 107 Å². The molecule has 4 N–H and O–H groups in total. The van der Waals surface area contributed by atoms with Crippen LogP contribution in [0.4, 0.5) is 0 Å². The van der Waals surface area contributed by atoms with Crippen LogP contribution in [-0.4, -0.2) is 106 Å². The van der Waals surface area contributed by atoms with E-state index in [1.54, 1.807) is 6.92 Å². The summed E-state index contributed by atoms with van der Waals surface area (Å²) in [6, 6.07) is 0. The van der Waals surface area contributed by atoms with Crippen molar-refractivity contribution in [2.24, 2.45) is 35.5 Å². The Hall–Kier alpha value is -0.890. The number of carboxylic acid groups (broad SMARTS) is 1. The van der Waals surface area contributed by atoms with Gasteiger partial charge in [0.15, 0.2) is 11.6 Å². The number of hydrogen-bond donors (Lipinski definition) is 4. The van der Waals surface area contributed by atoms with Gasteiger partial charge in [0.05, 0.1) is 66.5 Å². The van der Waals surface area contributed by atoms with Crippen molar-refractivity contribution in [3.05, 3.63) is 0 Å². The highest BCUT2D eigenvalue weighted by molar-refractivity contribution is 5.70. The number of aliphatic hydroxyl groups excluding tert-OH is 2. The molecule has 0 aromatic rings. The van der Waals surface area contributed by atoms with Crippen molar-refractivity contribution in [1.82, 2.24) is 0 Å². The van der Waals surface area contributed by atoms with Gasteiger partial charge in [-0.25, -0.2) is 0 Å². The van der Waals surface area contributed by atoms with Gasteiger partial charge in [0.25, 0.3) is 0 Å². The number of aliphatic hydroxyl groups is 3. The van der Waals surface area contributed by atoms with Crippen LogP contribution in [0, 0.1) is 35.5 Å². The first-order valence-corrected chi connectivity index (χ1v) is 18.1. The first-order valence-electron chi connectivity index (χ1n) is 18.1. The van der Waals surface area contributed by atoms with E-state index < -0.39 is 59.6 Å². The maximum absolute atomic E-state index is 11.8. The lowest BCUT2D eigenvalue weighted by Gasteiger charge is -2.49. The van der Waals surface area contributed by atoms with Crippen molar-refractivity contribution in [2.45, 2.75) is 172 Å². The lowest BCUT2D eigenvalue weighted by molar-refractivity contribution is -0.336. The van der Waals surface area contributed by atoms with Crippen LogP contribution >= 0.6 is 0 Å². The van der Waals surface area contributed by atoms with Crippen LogP contribution in [0.15, 0.2) is 0 Å². The zero-order valence-corrected chi connectivity index (χ0v) is 30.0. The van der Waals surface area contributed by atoms with E-state index in [-0.39, 0.29) is 54.0 Å². The molecule has 5 fully saturated rings. The van der Waals surface area contributed by atoms with E-state index in [9.17, 15) is 25.2 Å². The van der Waals surface area contributed by atoms with Gasteiger partial charge >= 0.3 is 5.97 Å². The summed E-state index contributed by atoms with van der Waals surface area (Å²) in [6.07, 6.45) is 2.99. The van der Waals surface area contributed by atoms with E-state index in [1.165, 1.54) is 7.11 Å². The quantitative estimate of drug-likeness (QED) is 0.264. The topological polar surface area (TPSA) is 153 Å². The highest BCUT2D eigenvalue weighted by Crippen LogP contribution is 2.55. The lowest BCUT2D eigenvalue weighted by Crippen LogP contribution is -2.57. The number of carboxylic acids is 1. The Bertz CT molecular complexity index is 1110. The lowest BCUT2D eigenvalue weighted by atomic mass is 9.78. The first-order chi connectivity index (χ1) is 22.0. The van der Waals surface area contributed by atoms with E-state index >= 15 is 0 Å². The highest BCUT2D eigenvalue weighted by atomic mass is 16.7. The summed E-state index contributed by atoms with van der Waals surface area (Å²) >= 11 is 0. The van der Waals surface area contributed by atoms with Crippen LogP contribution in [0.25, 0.3) is 0 Å². The molecule has 47 heavy (non-hydrogen) atoms. The molecule has 0 bridgehead atoms. The summed E-state index contributed by atoms with van der Waals surface area (Å²) < 4.78 is 39.4. The predicted octanol–water partition coefficient (Wildman–Crippen LogP) is 4.27.